The summed E-state index contributed by atoms with van der Waals surface area (Å²) in [6.45, 7) is 0. The Morgan fingerprint density at radius 1 is 1.14 bits per heavy atom. The van der Waals surface area contributed by atoms with Crippen molar-refractivity contribution in [1.82, 2.24) is 0 Å². The van der Waals surface area contributed by atoms with E-state index in [-0.39, 0.29) is 6.04 Å². The van der Waals surface area contributed by atoms with Crippen molar-refractivity contribution in [3.05, 3.63) is 35.4 Å². The number of alkyl halides is 3. The van der Waals surface area contributed by atoms with Crippen molar-refractivity contribution in [3.8, 4) is 0 Å². The zero-order valence-electron chi connectivity index (χ0n) is 12.3. The van der Waals surface area contributed by atoms with Gasteiger partial charge >= 0.3 is 6.18 Å². The first-order chi connectivity index (χ1) is 9.95. The predicted molar refractivity (Wildman–Crippen MR) is 78.9 cm³/mol. The average Bonchev–Trinajstić information content (AvgIpc) is 2.46. The Labute approximate surface area is 124 Å². The average molecular weight is 299 g/mol. The van der Waals surface area contributed by atoms with Crippen LogP contribution in [0.15, 0.2) is 24.3 Å². The highest BCUT2D eigenvalue weighted by Crippen LogP contribution is 2.30. The van der Waals surface area contributed by atoms with Crippen molar-refractivity contribution in [3.63, 3.8) is 0 Å². The number of benzene rings is 1. The van der Waals surface area contributed by atoms with E-state index in [1.54, 1.807) is 6.07 Å². The van der Waals surface area contributed by atoms with Gasteiger partial charge in [0.1, 0.15) is 0 Å². The summed E-state index contributed by atoms with van der Waals surface area (Å²) in [6, 6.07) is 5.48. The molecule has 0 bridgehead atoms. The Kier molecular flexibility index (Phi) is 5.68. The molecular weight excluding hydrogens is 275 g/mol. The minimum absolute atomic E-state index is 0.0459. The van der Waals surface area contributed by atoms with Crippen LogP contribution in [0, 0.1) is 5.92 Å². The lowest BCUT2D eigenvalue weighted by Gasteiger charge is -2.23. The molecule has 1 atom stereocenters. The fourth-order valence-corrected chi connectivity index (χ4v) is 3.21. The predicted octanol–water partition coefficient (Wildman–Crippen LogP) is 4.94. The maximum Gasteiger partial charge on any atom is 0.416 e. The first kappa shape index (κ1) is 16.3. The highest BCUT2D eigenvalue weighted by molar-refractivity contribution is 5.26. The number of nitrogens with two attached hydrogens (primary N) is 1. The van der Waals surface area contributed by atoms with Crippen LogP contribution in [-0.2, 0) is 12.6 Å². The van der Waals surface area contributed by atoms with Gasteiger partial charge in [0.25, 0.3) is 0 Å². The van der Waals surface area contributed by atoms with Gasteiger partial charge in [-0.25, -0.2) is 0 Å². The van der Waals surface area contributed by atoms with Gasteiger partial charge in [-0.05, 0) is 36.8 Å². The quantitative estimate of drug-likeness (QED) is 0.819. The summed E-state index contributed by atoms with van der Waals surface area (Å²) in [5.41, 5.74) is 6.20. The molecule has 0 aliphatic heterocycles. The zero-order valence-corrected chi connectivity index (χ0v) is 12.3. The molecule has 2 N–H and O–H groups in total. The van der Waals surface area contributed by atoms with Crippen LogP contribution in [0.25, 0.3) is 0 Å². The zero-order chi connectivity index (χ0) is 15.3. The van der Waals surface area contributed by atoms with Gasteiger partial charge in [-0.2, -0.15) is 13.2 Å². The van der Waals surface area contributed by atoms with Gasteiger partial charge in [-0.3, -0.25) is 0 Å². The molecule has 1 saturated carbocycles. The lowest BCUT2D eigenvalue weighted by Crippen LogP contribution is -2.24. The normalized spacial score (nSPS) is 18.7. The highest BCUT2D eigenvalue weighted by Gasteiger charge is 2.30. The summed E-state index contributed by atoms with van der Waals surface area (Å²) in [5, 5.41) is 0. The molecule has 0 spiro atoms. The van der Waals surface area contributed by atoms with E-state index >= 15 is 0 Å². The van der Waals surface area contributed by atoms with Crippen molar-refractivity contribution < 1.29 is 13.2 Å². The van der Waals surface area contributed by atoms with Crippen molar-refractivity contribution in [1.29, 1.82) is 0 Å². The second kappa shape index (κ2) is 7.30. The van der Waals surface area contributed by atoms with Gasteiger partial charge in [0, 0.05) is 6.04 Å². The van der Waals surface area contributed by atoms with Crippen LogP contribution in [0.2, 0.25) is 0 Å². The molecule has 0 amide bonds. The Morgan fingerprint density at radius 2 is 1.86 bits per heavy atom. The molecule has 1 aliphatic rings. The Bertz CT molecular complexity index is 436. The fraction of sp³-hybridized carbons (Fsp3) is 0.647. The van der Waals surface area contributed by atoms with Gasteiger partial charge in [-0.1, -0.05) is 50.3 Å². The van der Waals surface area contributed by atoms with Gasteiger partial charge in [0.05, 0.1) is 5.56 Å². The highest BCUT2D eigenvalue weighted by atomic mass is 19.4. The topological polar surface area (TPSA) is 26.0 Å². The van der Waals surface area contributed by atoms with Gasteiger partial charge in [0.15, 0.2) is 0 Å². The molecule has 4 heteroatoms. The second-order valence-electron chi connectivity index (χ2n) is 6.24. The van der Waals surface area contributed by atoms with Crippen molar-refractivity contribution in [2.45, 2.75) is 63.6 Å². The molecule has 118 valence electrons. The van der Waals surface area contributed by atoms with Crippen LogP contribution < -0.4 is 5.73 Å². The molecule has 1 nitrogen and oxygen atoms in total. The van der Waals surface area contributed by atoms with Gasteiger partial charge < -0.3 is 5.73 Å². The molecule has 0 radical (unpaired) electrons. The maximum atomic E-state index is 12.7. The molecule has 0 heterocycles. The molecule has 1 aromatic carbocycles. The molecule has 2 rings (SSSR count). The lowest BCUT2D eigenvalue weighted by molar-refractivity contribution is -0.137. The number of rotatable bonds is 5. The number of hydrogen-bond acceptors (Lipinski definition) is 1. The molecule has 1 unspecified atom stereocenters. The Morgan fingerprint density at radius 3 is 2.52 bits per heavy atom. The summed E-state index contributed by atoms with van der Waals surface area (Å²) >= 11 is 0. The van der Waals surface area contributed by atoms with Crippen LogP contribution >= 0.6 is 0 Å². The number of hydrogen-bond donors (Lipinski definition) is 1. The second-order valence-corrected chi connectivity index (χ2v) is 6.24. The number of halogens is 3. The van der Waals surface area contributed by atoms with Crippen molar-refractivity contribution >= 4 is 0 Å². The molecule has 0 aromatic heterocycles. The maximum absolute atomic E-state index is 12.7. The van der Waals surface area contributed by atoms with Crippen molar-refractivity contribution in [2.24, 2.45) is 11.7 Å². The van der Waals surface area contributed by atoms with E-state index in [0.717, 1.165) is 24.8 Å². The molecule has 21 heavy (non-hydrogen) atoms. The van der Waals surface area contributed by atoms with Crippen LogP contribution in [0.4, 0.5) is 13.2 Å². The summed E-state index contributed by atoms with van der Waals surface area (Å²) in [6.07, 6.45) is 4.81. The van der Waals surface area contributed by atoms with Crippen LogP contribution in [0.1, 0.15) is 56.1 Å². The molecular formula is C17H24F3N. The van der Waals surface area contributed by atoms with Crippen LogP contribution in [0.5, 0.6) is 0 Å². The minimum Gasteiger partial charge on any atom is -0.327 e. The Balaban J connectivity index is 1.83. The van der Waals surface area contributed by atoms with E-state index in [9.17, 15) is 13.2 Å². The molecule has 1 fully saturated rings. The molecule has 0 saturated heterocycles. The molecule has 1 aromatic rings. The summed E-state index contributed by atoms with van der Waals surface area (Å²) < 4.78 is 38.0. The SMILES string of the molecule is NC(CCC1CCCCC1)Cc1cccc(C(F)(F)F)c1. The minimum atomic E-state index is -4.28. The fourth-order valence-electron chi connectivity index (χ4n) is 3.21. The first-order valence-corrected chi connectivity index (χ1v) is 7.87. The summed E-state index contributed by atoms with van der Waals surface area (Å²) in [5.74, 6) is 0.770. The van der Waals surface area contributed by atoms with Gasteiger partial charge in [0.2, 0.25) is 0 Å². The standard InChI is InChI=1S/C17H24F3N/c18-17(19,20)15-8-4-7-14(11-15)12-16(21)10-9-13-5-2-1-3-6-13/h4,7-8,11,13,16H,1-3,5-6,9-10,12,21H2. The first-order valence-electron chi connectivity index (χ1n) is 7.87. The van der Waals surface area contributed by atoms with E-state index < -0.39 is 11.7 Å². The van der Waals surface area contributed by atoms with Crippen LogP contribution in [-0.4, -0.2) is 6.04 Å². The van der Waals surface area contributed by atoms with E-state index in [2.05, 4.69) is 0 Å². The van der Waals surface area contributed by atoms with E-state index in [1.165, 1.54) is 44.2 Å². The smallest absolute Gasteiger partial charge is 0.327 e. The summed E-state index contributed by atoms with van der Waals surface area (Å²) in [4.78, 5) is 0. The van der Waals surface area contributed by atoms with E-state index in [0.29, 0.717) is 12.0 Å². The lowest BCUT2D eigenvalue weighted by atomic mass is 9.84. The summed E-state index contributed by atoms with van der Waals surface area (Å²) in [7, 11) is 0. The largest absolute Gasteiger partial charge is 0.416 e. The Hall–Kier alpha value is -1.03. The van der Waals surface area contributed by atoms with E-state index in [4.69, 9.17) is 5.73 Å². The van der Waals surface area contributed by atoms with Crippen LogP contribution in [0.3, 0.4) is 0 Å². The third-order valence-electron chi connectivity index (χ3n) is 4.42. The molecule has 1 aliphatic carbocycles. The third-order valence-corrected chi connectivity index (χ3v) is 4.42. The van der Waals surface area contributed by atoms with E-state index in [1.807, 2.05) is 0 Å². The van der Waals surface area contributed by atoms with Crippen molar-refractivity contribution in [2.75, 3.05) is 0 Å². The third kappa shape index (κ3) is 5.34. The monoisotopic (exact) mass is 299 g/mol. The van der Waals surface area contributed by atoms with Gasteiger partial charge in [-0.15, -0.1) is 0 Å².